The fourth-order valence-electron chi connectivity index (χ4n) is 1.13. The molecule has 0 unspecified atom stereocenters. The van der Waals surface area contributed by atoms with E-state index in [4.69, 9.17) is 4.55 Å². The molecule has 21 heavy (non-hydrogen) atoms. The molecule has 0 spiro atoms. The summed E-state index contributed by atoms with van der Waals surface area (Å²) in [5.74, 6) is -1.32. The highest BCUT2D eigenvalue weighted by atomic mass is 32.2. The summed E-state index contributed by atoms with van der Waals surface area (Å²) in [6, 6.07) is 0. The van der Waals surface area contributed by atoms with Crippen LogP contribution in [0.4, 0.5) is 0 Å². The molecule has 0 saturated carbocycles. The second-order valence-corrected chi connectivity index (χ2v) is 6.26. The molecule has 0 rings (SSSR count). The fraction of sp³-hybridized carbons (Fsp3) is 0.538. The van der Waals surface area contributed by atoms with Gasteiger partial charge in [0.2, 0.25) is 5.91 Å². The number of rotatable bonds is 6. The van der Waals surface area contributed by atoms with E-state index in [0.717, 1.165) is 6.08 Å². The lowest BCUT2D eigenvalue weighted by Gasteiger charge is -2.23. The van der Waals surface area contributed by atoms with Crippen molar-refractivity contribution in [3.05, 3.63) is 24.8 Å². The van der Waals surface area contributed by atoms with Crippen LogP contribution in [0.5, 0.6) is 0 Å². The molecule has 0 heterocycles. The van der Waals surface area contributed by atoms with Gasteiger partial charge in [0.05, 0.1) is 17.9 Å². The van der Waals surface area contributed by atoms with Crippen LogP contribution in [-0.2, 0) is 24.4 Å². The molecule has 0 bridgehead atoms. The van der Waals surface area contributed by atoms with Crippen LogP contribution in [0.2, 0.25) is 0 Å². The lowest BCUT2D eigenvalue weighted by Crippen LogP contribution is -2.47. The first kappa shape index (κ1) is 21.6. The van der Waals surface area contributed by atoms with Gasteiger partial charge >= 0.3 is 5.97 Å². The predicted octanol–water partition coefficient (Wildman–Crippen LogP) is 1.08. The summed E-state index contributed by atoms with van der Waals surface area (Å²) in [5, 5.41) is 2.37. The van der Waals surface area contributed by atoms with Crippen LogP contribution >= 0.6 is 0 Å². The third kappa shape index (κ3) is 14.5. The Labute approximate surface area is 125 Å². The van der Waals surface area contributed by atoms with Gasteiger partial charge in [-0.25, -0.2) is 4.79 Å². The molecule has 0 aliphatic rings. The highest BCUT2D eigenvalue weighted by Crippen LogP contribution is 2.05. The molecule has 0 atom stereocenters. The normalized spacial score (nSPS) is 10.7. The number of hydrogen-bond donors (Lipinski definition) is 2. The Bertz CT molecular complexity index is 493. The van der Waals surface area contributed by atoms with Crippen LogP contribution in [0.1, 0.15) is 27.7 Å². The van der Waals surface area contributed by atoms with E-state index in [9.17, 15) is 18.0 Å². The van der Waals surface area contributed by atoms with E-state index in [0.29, 0.717) is 12.2 Å². The minimum Gasteiger partial charge on any atom is -0.463 e. The first-order chi connectivity index (χ1) is 9.34. The van der Waals surface area contributed by atoms with Gasteiger partial charge in [0, 0.05) is 5.57 Å². The second kappa shape index (κ2) is 9.30. The van der Waals surface area contributed by atoms with Gasteiger partial charge in [-0.2, -0.15) is 8.42 Å². The lowest BCUT2D eigenvalue weighted by atomic mass is 10.1. The summed E-state index contributed by atoms with van der Waals surface area (Å²) in [6.45, 7) is 13.4. The molecule has 1 amide bonds. The third-order valence-electron chi connectivity index (χ3n) is 1.81. The Morgan fingerprint density at radius 3 is 2.10 bits per heavy atom. The minimum atomic E-state index is -4.08. The number of carbonyl (C=O) groups is 2. The topological polar surface area (TPSA) is 110 Å². The molecule has 0 aliphatic heterocycles. The van der Waals surface area contributed by atoms with Gasteiger partial charge in [0.25, 0.3) is 10.1 Å². The van der Waals surface area contributed by atoms with Gasteiger partial charge in [-0.3, -0.25) is 9.35 Å². The van der Waals surface area contributed by atoms with E-state index in [-0.39, 0.29) is 5.97 Å². The molecule has 122 valence electrons. The number of nitrogens with one attached hydrogen (secondary N) is 1. The van der Waals surface area contributed by atoms with E-state index >= 15 is 0 Å². The highest BCUT2D eigenvalue weighted by Gasteiger charge is 2.25. The first-order valence-electron chi connectivity index (χ1n) is 6.07. The molecule has 2 N–H and O–H groups in total. The Morgan fingerprint density at radius 1 is 1.38 bits per heavy atom. The van der Waals surface area contributed by atoms with Crippen molar-refractivity contribution in [2.45, 2.75) is 33.2 Å². The van der Waals surface area contributed by atoms with Crippen molar-refractivity contribution in [3.63, 3.8) is 0 Å². The molecule has 0 aromatic rings. The number of esters is 1. The van der Waals surface area contributed by atoms with E-state index < -0.39 is 27.3 Å². The van der Waals surface area contributed by atoms with Crippen molar-refractivity contribution in [3.8, 4) is 0 Å². The van der Waals surface area contributed by atoms with Crippen molar-refractivity contribution in [1.29, 1.82) is 0 Å². The van der Waals surface area contributed by atoms with E-state index in [1.807, 2.05) is 0 Å². The average Bonchev–Trinajstić information content (AvgIpc) is 2.25. The molecule has 0 fully saturated rings. The van der Waals surface area contributed by atoms with Gasteiger partial charge in [-0.1, -0.05) is 13.2 Å². The van der Waals surface area contributed by atoms with Crippen LogP contribution in [0.3, 0.4) is 0 Å². The van der Waals surface area contributed by atoms with Crippen molar-refractivity contribution >= 4 is 22.0 Å². The molecule has 8 heteroatoms. The van der Waals surface area contributed by atoms with Crippen molar-refractivity contribution in [2.75, 3.05) is 12.4 Å². The smallest absolute Gasteiger partial charge is 0.333 e. The summed E-state index contributed by atoms with van der Waals surface area (Å²) in [5.41, 5.74) is -0.550. The van der Waals surface area contributed by atoms with E-state index in [1.165, 1.54) is 13.8 Å². The minimum absolute atomic E-state index is 0.312. The van der Waals surface area contributed by atoms with Crippen LogP contribution in [0.15, 0.2) is 24.8 Å². The monoisotopic (exact) mass is 321 g/mol. The van der Waals surface area contributed by atoms with Gasteiger partial charge in [0.1, 0.15) is 0 Å². The van der Waals surface area contributed by atoms with Gasteiger partial charge in [-0.05, 0) is 33.8 Å². The van der Waals surface area contributed by atoms with Crippen LogP contribution in [-0.4, -0.2) is 42.7 Å². The van der Waals surface area contributed by atoms with E-state index in [2.05, 4.69) is 23.2 Å². The molecule has 7 nitrogen and oxygen atoms in total. The van der Waals surface area contributed by atoms with Gasteiger partial charge in [-0.15, -0.1) is 0 Å². The summed E-state index contributed by atoms with van der Waals surface area (Å²) in [6.07, 6.45) is 1.03. The molecule has 0 aromatic heterocycles. The fourth-order valence-corrected chi connectivity index (χ4v) is 2.12. The Hall–Kier alpha value is -1.67. The Kier molecular flexibility index (Phi) is 9.58. The Morgan fingerprint density at radius 2 is 1.86 bits per heavy atom. The van der Waals surface area contributed by atoms with Crippen molar-refractivity contribution in [2.24, 2.45) is 0 Å². The Balaban J connectivity index is 0. The summed E-state index contributed by atoms with van der Waals surface area (Å²) < 4.78 is 34.1. The molecular formula is C13H23NO6S. The zero-order chi connectivity index (χ0) is 17.3. The molecule has 0 aliphatic carbocycles. The van der Waals surface area contributed by atoms with E-state index in [1.54, 1.807) is 13.8 Å². The molecule has 0 saturated heterocycles. The average molecular weight is 321 g/mol. The highest BCUT2D eigenvalue weighted by molar-refractivity contribution is 7.85. The zero-order valence-electron chi connectivity index (χ0n) is 12.8. The number of amides is 1. The van der Waals surface area contributed by atoms with Gasteiger partial charge < -0.3 is 10.1 Å². The van der Waals surface area contributed by atoms with Crippen molar-refractivity contribution < 1.29 is 27.3 Å². The summed E-state index contributed by atoms with van der Waals surface area (Å²) in [7, 11) is -4.08. The maximum absolute atomic E-state index is 10.8. The predicted molar refractivity (Wildman–Crippen MR) is 80.3 cm³/mol. The number of carbonyl (C=O) groups excluding carboxylic acids is 2. The maximum atomic E-state index is 10.8. The third-order valence-corrected chi connectivity index (χ3v) is 2.90. The second-order valence-electron chi connectivity index (χ2n) is 4.80. The summed E-state index contributed by atoms with van der Waals surface area (Å²) in [4.78, 5) is 21.2. The quantitative estimate of drug-likeness (QED) is 0.430. The van der Waals surface area contributed by atoms with Crippen LogP contribution in [0, 0.1) is 0 Å². The summed E-state index contributed by atoms with van der Waals surface area (Å²) >= 11 is 0. The van der Waals surface area contributed by atoms with Crippen LogP contribution in [0.25, 0.3) is 0 Å². The van der Waals surface area contributed by atoms with Crippen molar-refractivity contribution in [1.82, 2.24) is 5.32 Å². The standard InChI is InChI=1S/C7H13NO4S.C6H10O2/c1-4-6(9)8-7(2,3)5-13(10,11)12;1-4-8-6(7)5(2)3/h4H,1,5H2,2-3H3,(H,8,9)(H,10,11,12);2,4H2,1,3H3. The largest absolute Gasteiger partial charge is 0.463 e. The number of ether oxygens (including phenoxy) is 1. The molecule has 0 aromatic carbocycles. The maximum Gasteiger partial charge on any atom is 0.333 e. The molecule has 0 radical (unpaired) electrons. The van der Waals surface area contributed by atoms with Crippen LogP contribution < -0.4 is 5.32 Å². The SMILES string of the molecule is C=C(C)C(=O)OCC.C=CC(=O)NC(C)(C)CS(=O)(=O)O. The zero-order valence-corrected chi connectivity index (χ0v) is 13.6. The lowest BCUT2D eigenvalue weighted by molar-refractivity contribution is -0.138. The first-order valence-corrected chi connectivity index (χ1v) is 7.68. The molecular weight excluding hydrogens is 298 g/mol. The van der Waals surface area contributed by atoms with Gasteiger partial charge in [0.15, 0.2) is 0 Å². The number of hydrogen-bond acceptors (Lipinski definition) is 5.